The highest BCUT2D eigenvalue weighted by Crippen LogP contribution is 2.17. The first-order chi connectivity index (χ1) is 25.5. The van der Waals surface area contributed by atoms with Gasteiger partial charge in [0.15, 0.2) is 5.78 Å². The van der Waals surface area contributed by atoms with Crippen LogP contribution < -0.4 is 5.73 Å². The van der Waals surface area contributed by atoms with Crippen LogP contribution in [0.25, 0.3) is 0 Å². The van der Waals surface area contributed by atoms with E-state index in [2.05, 4.69) is 13.8 Å². The van der Waals surface area contributed by atoms with Gasteiger partial charge in [0.05, 0.1) is 12.1 Å². The molecule has 0 aliphatic heterocycles. The molecule has 0 aromatic heterocycles. The Hall–Kier alpha value is -0.710. The molecule has 0 spiro atoms. The van der Waals surface area contributed by atoms with Crippen LogP contribution in [0.15, 0.2) is 12.2 Å². The van der Waals surface area contributed by atoms with Gasteiger partial charge in [0.25, 0.3) is 0 Å². The first-order valence-corrected chi connectivity index (χ1v) is 23.9. The summed E-state index contributed by atoms with van der Waals surface area (Å²) < 4.78 is 0. The van der Waals surface area contributed by atoms with Crippen LogP contribution >= 0.6 is 0 Å². The second-order valence-corrected chi connectivity index (χ2v) is 16.7. The van der Waals surface area contributed by atoms with Gasteiger partial charge in [-0.15, -0.1) is 0 Å². The van der Waals surface area contributed by atoms with Gasteiger partial charge in [-0.1, -0.05) is 257 Å². The quantitative estimate of drug-likeness (QED) is 0.0430. The van der Waals surface area contributed by atoms with Gasteiger partial charge in [0, 0.05) is 6.42 Å². The number of ketones is 1. The van der Waals surface area contributed by atoms with Crippen LogP contribution in [0.4, 0.5) is 0 Å². The summed E-state index contributed by atoms with van der Waals surface area (Å²) in [5.74, 6) is -0.232. The number of hydrogen-bond donors (Lipinski definition) is 3. The fraction of sp³-hybridized carbons (Fsp3) is 0.938. The van der Waals surface area contributed by atoms with E-state index in [0.29, 0.717) is 6.42 Å². The third kappa shape index (κ3) is 37.6. The molecule has 3 atom stereocenters. The lowest BCUT2D eigenvalue weighted by Crippen LogP contribution is -2.47. The van der Waals surface area contributed by atoms with E-state index in [-0.39, 0.29) is 5.78 Å². The lowest BCUT2D eigenvalue weighted by atomic mass is 9.97. The molecule has 0 aromatic carbocycles. The van der Waals surface area contributed by atoms with E-state index in [4.69, 9.17) is 5.73 Å². The summed E-state index contributed by atoms with van der Waals surface area (Å²) in [5.41, 5.74) is 6.03. The Kier molecular flexibility index (Phi) is 42.4. The Morgan fingerprint density at radius 2 is 0.673 bits per heavy atom. The number of unbranched alkanes of at least 4 members (excludes halogenated alkanes) is 37. The Balaban J connectivity index is 3.45. The largest absolute Gasteiger partial charge is 0.387 e. The zero-order valence-corrected chi connectivity index (χ0v) is 35.6. The second kappa shape index (κ2) is 43.0. The predicted octanol–water partition coefficient (Wildman–Crippen LogP) is 14.8. The zero-order chi connectivity index (χ0) is 38.0. The van der Waals surface area contributed by atoms with Crippen molar-refractivity contribution in [3.8, 4) is 0 Å². The van der Waals surface area contributed by atoms with Gasteiger partial charge >= 0.3 is 0 Å². The van der Waals surface area contributed by atoms with Gasteiger partial charge in [-0.3, -0.25) is 4.79 Å². The van der Waals surface area contributed by atoms with E-state index in [1.165, 1.54) is 218 Å². The summed E-state index contributed by atoms with van der Waals surface area (Å²) in [6.45, 7) is 4.56. The maximum atomic E-state index is 12.5. The standard InChI is InChI=1S/C48H95NO3/c1-3-5-7-9-11-13-15-17-18-19-20-21-22-23-24-25-26-27-28-29-30-32-34-36-38-40-42-44-46(51)48(52)47(49)45(50)43-41-39-37-35-33-31-16-14-12-10-8-6-4-2/h41,43,45,47-48,50,52H,3-40,42,44,49H2,1-2H3/b43-41+/t45-,47-,48?/m1/s1. The van der Waals surface area contributed by atoms with Gasteiger partial charge in [0.2, 0.25) is 0 Å². The number of carbonyl (C=O) groups excluding carboxylic acids is 1. The Labute approximate surface area is 326 Å². The Bertz CT molecular complexity index is 724. The van der Waals surface area contributed by atoms with E-state index in [9.17, 15) is 15.0 Å². The van der Waals surface area contributed by atoms with Crippen LogP contribution in [0.5, 0.6) is 0 Å². The maximum absolute atomic E-state index is 12.5. The first-order valence-electron chi connectivity index (χ1n) is 23.9. The molecule has 310 valence electrons. The lowest BCUT2D eigenvalue weighted by Gasteiger charge is -2.21. The van der Waals surface area contributed by atoms with Crippen molar-refractivity contribution in [2.75, 3.05) is 0 Å². The van der Waals surface area contributed by atoms with E-state index in [0.717, 1.165) is 32.1 Å². The van der Waals surface area contributed by atoms with Gasteiger partial charge in [0.1, 0.15) is 6.10 Å². The molecular formula is C48H95NO3. The van der Waals surface area contributed by atoms with Crippen molar-refractivity contribution >= 4 is 5.78 Å². The van der Waals surface area contributed by atoms with Crippen LogP contribution in [0, 0.1) is 0 Å². The first kappa shape index (κ1) is 51.3. The average molecular weight is 734 g/mol. The highest BCUT2D eigenvalue weighted by atomic mass is 16.3. The summed E-state index contributed by atoms with van der Waals surface area (Å²) in [6.07, 6.45) is 54.0. The van der Waals surface area contributed by atoms with E-state index >= 15 is 0 Å². The molecule has 0 saturated heterocycles. The molecule has 1 unspecified atom stereocenters. The summed E-state index contributed by atoms with van der Waals surface area (Å²) in [5, 5.41) is 20.8. The number of rotatable bonds is 44. The number of nitrogens with two attached hydrogens (primary N) is 1. The molecule has 4 N–H and O–H groups in total. The number of carbonyl (C=O) groups is 1. The number of hydrogen-bond acceptors (Lipinski definition) is 4. The third-order valence-electron chi connectivity index (χ3n) is 11.4. The molecule has 0 heterocycles. The predicted molar refractivity (Wildman–Crippen MR) is 230 cm³/mol. The summed E-state index contributed by atoms with van der Waals surface area (Å²) in [4.78, 5) is 12.5. The fourth-order valence-corrected chi connectivity index (χ4v) is 7.63. The van der Waals surface area contributed by atoms with Crippen molar-refractivity contribution in [2.24, 2.45) is 5.73 Å². The minimum absolute atomic E-state index is 0.232. The SMILES string of the molecule is CCCCCCCCCCCCC/C=C/[C@@H](O)[C@@H](N)C(O)C(=O)CCCCCCCCCCCCCCCCCCCCCCCCCCCCC. The van der Waals surface area contributed by atoms with Crippen LogP contribution in [0.2, 0.25) is 0 Å². The topological polar surface area (TPSA) is 83.6 Å². The molecule has 0 radical (unpaired) electrons. The van der Waals surface area contributed by atoms with Gasteiger partial charge < -0.3 is 15.9 Å². The number of Topliss-reactive ketones (excluding diaryl/α,β-unsaturated/α-hetero) is 1. The van der Waals surface area contributed by atoms with Gasteiger partial charge in [-0.05, 0) is 19.3 Å². The Morgan fingerprint density at radius 1 is 0.423 bits per heavy atom. The molecule has 0 aliphatic carbocycles. The minimum Gasteiger partial charge on any atom is -0.387 e. The molecule has 0 rings (SSSR count). The molecule has 0 aromatic rings. The van der Waals surface area contributed by atoms with Crippen LogP contribution in [-0.2, 0) is 4.79 Å². The van der Waals surface area contributed by atoms with E-state index < -0.39 is 18.2 Å². The number of aliphatic hydroxyl groups excluding tert-OH is 2. The molecule has 0 amide bonds. The summed E-state index contributed by atoms with van der Waals surface area (Å²) in [6, 6.07) is -0.949. The monoisotopic (exact) mass is 734 g/mol. The fourth-order valence-electron chi connectivity index (χ4n) is 7.63. The minimum atomic E-state index is -1.29. The molecule has 52 heavy (non-hydrogen) atoms. The zero-order valence-electron chi connectivity index (χ0n) is 35.6. The summed E-state index contributed by atoms with van der Waals surface area (Å²) in [7, 11) is 0. The normalized spacial score (nSPS) is 13.6. The maximum Gasteiger partial charge on any atom is 0.162 e. The van der Waals surface area contributed by atoms with E-state index in [1.54, 1.807) is 6.08 Å². The van der Waals surface area contributed by atoms with Crippen LogP contribution in [0.1, 0.15) is 271 Å². The molecule has 0 fully saturated rings. The van der Waals surface area contributed by atoms with Crippen molar-refractivity contribution in [3.63, 3.8) is 0 Å². The van der Waals surface area contributed by atoms with Gasteiger partial charge in [-0.25, -0.2) is 0 Å². The number of aliphatic hydroxyl groups is 2. The van der Waals surface area contributed by atoms with Crippen molar-refractivity contribution in [3.05, 3.63) is 12.2 Å². The van der Waals surface area contributed by atoms with Crippen molar-refractivity contribution in [2.45, 2.75) is 289 Å². The van der Waals surface area contributed by atoms with Gasteiger partial charge in [-0.2, -0.15) is 0 Å². The molecule has 4 nitrogen and oxygen atoms in total. The molecule has 4 heteroatoms. The van der Waals surface area contributed by atoms with Crippen molar-refractivity contribution in [1.29, 1.82) is 0 Å². The van der Waals surface area contributed by atoms with Crippen molar-refractivity contribution < 1.29 is 15.0 Å². The molecule has 0 saturated carbocycles. The number of allylic oxidation sites excluding steroid dienone is 1. The smallest absolute Gasteiger partial charge is 0.162 e. The highest BCUT2D eigenvalue weighted by molar-refractivity contribution is 5.83. The third-order valence-corrected chi connectivity index (χ3v) is 11.4. The Morgan fingerprint density at radius 3 is 0.962 bits per heavy atom. The van der Waals surface area contributed by atoms with Crippen LogP contribution in [-0.4, -0.2) is 34.2 Å². The average Bonchev–Trinajstić information content (AvgIpc) is 3.15. The lowest BCUT2D eigenvalue weighted by molar-refractivity contribution is -0.129. The second-order valence-electron chi connectivity index (χ2n) is 16.7. The highest BCUT2D eigenvalue weighted by Gasteiger charge is 2.26. The molecule has 0 bridgehead atoms. The van der Waals surface area contributed by atoms with Crippen LogP contribution in [0.3, 0.4) is 0 Å². The molecule has 0 aliphatic rings. The summed E-state index contributed by atoms with van der Waals surface area (Å²) >= 11 is 0. The molecular weight excluding hydrogens is 639 g/mol. The van der Waals surface area contributed by atoms with Crippen molar-refractivity contribution in [1.82, 2.24) is 0 Å². The van der Waals surface area contributed by atoms with E-state index in [1.807, 2.05) is 6.08 Å².